The molecule has 0 bridgehead atoms. The van der Waals surface area contributed by atoms with E-state index in [4.69, 9.17) is 13.8 Å². The van der Waals surface area contributed by atoms with Gasteiger partial charge in [0.05, 0.1) is 11.7 Å². The Morgan fingerprint density at radius 3 is 1.67 bits per heavy atom. The van der Waals surface area contributed by atoms with Gasteiger partial charge < -0.3 is 14.2 Å². The Morgan fingerprint density at radius 1 is 0.552 bits per heavy atom. The molecule has 0 radical (unpaired) electrons. The smallest absolute Gasteiger partial charge is 0.139 e. The van der Waals surface area contributed by atoms with E-state index in [9.17, 15) is 0 Å². The van der Waals surface area contributed by atoms with Crippen molar-refractivity contribution in [2.75, 3.05) is 0 Å². The molecule has 2 aromatic heterocycles. The summed E-state index contributed by atoms with van der Waals surface area (Å²) in [6.45, 7) is 8.07. The third kappa shape index (κ3) is 7.32. The molecule has 0 spiro atoms. The summed E-state index contributed by atoms with van der Waals surface area (Å²) in [6, 6.07) is 56.6. The predicted molar refractivity (Wildman–Crippen MR) is 244 cm³/mol. The Labute approximate surface area is 338 Å². The number of aryl methyl sites for hydroxylation is 1. The van der Waals surface area contributed by atoms with E-state index in [1.54, 1.807) is 0 Å². The minimum atomic E-state index is -0.0705. The Bertz CT molecular complexity index is 3050. The molecule has 0 saturated heterocycles. The number of aliphatic imine (C=N–C) groups is 1. The topological polar surface area (TPSA) is 50.7 Å². The van der Waals surface area contributed by atoms with Crippen molar-refractivity contribution in [1.82, 2.24) is 5.32 Å². The summed E-state index contributed by atoms with van der Waals surface area (Å²) in [6.07, 6.45) is 10.2. The van der Waals surface area contributed by atoms with Crippen molar-refractivity contribution < 1.29 is 8.83 Å². The molecule has 1 aliphatic rings. The molecule has 58 heavy (non-hydrogen) atoms. The molecule has 3 heterocycles. The van der Waals surface area contributed by atoms with Gasteiger partial charge in [-0.2, -0.15) is 0 Å². The van der Waals surface area contributed by atoms with Gasteiger partial charge in [-0.05, 0) is 84.1 Å². The van der Waals surface area contributed by atoms with Gasteiger partial charge in [-0.3, -0.25) is 0 Å². The van der Waals surface area contributed by atoms with E-state index in [0.29, 0.717) is 0 Å². The molecule has 1 aliphatic heterocycles. The molecule has 1 atom stereocenters. The number of nitrogens with one attached hydrogen (secondary N) is 1. The number of hydrogen-bond acceptors (Lipinski definition) is 4. The van der Waals surface area contributed by atoms with Gasteiger partial charge in [-0.15, -0.1) is 0 Å². The number of allylic oxidation sites excluding steroid dienone is 3. The number of rotatable bonds is 7. The van der Waals surface area contributed by atoms with Crippen molar-refractivity contribution >= 4 is 55.4 Å². The van der Waals surface area contributed by atoms with Crippen LogP contribution in [0.1, 0.15) is 23.6 Å². The fraction of sp³-hybridized carbons (Fsp3) is 0.0556. The summed E-state index contributed by atoms with van der Waals surface area (Å²) in [5.74, 6) is 0.836. The van der Waals surface area contributed by atoms with Crippen LogP contribution in [0.5, 0.6) is 0 Å². The predicted octanol–water partition coefficient (Wildman–Crippen LogP) is 14.3. The SMILES string of the molecule is C=C/C=C(\C=C/C)C1C=C(c2cccc(-c3ccc4oc5cc6oc7ccc(-c8ccccc8)cc7c6cc5c4c3)c2)N=C(c2ccccc2)N1.Cc1ccccc1. The Hall–Kier alpha value is -7.43. The van der Waals surface area contributed by atoms with Crippen LogP contribution in [0, 0.1) is 6.92 Å². The molecule has 0 saturated carbocycles. The summed E-state index contributed by atoms with van der Waals surface area (Å²) < 4.78 is 12.7. The average Bonchev–Trinajstić information content (AvgIpc) is 3.82. The normalized spacial score (nSPS) is 14.3. The molecule has 10 rings (SSSR count). The van der Waals surface area contributed by atoms with Crippen LogP contribution in [0.25, 0.3) is 71.8 Å². The van der Waals surface area contributed by atoms with Gasteiger partial charge in [0.2, 0.25) is 0 Å². The fourth-order valence-corrected chi connectivity index (χ4v) is 7.64. The average molecular weight is 751 g/mol. The van der Waals surface area contributed by atoms with E-state index in [2.05, 4.69) is 152 Å². The summed E-state index contributed by atoms with van der Waals surface area (Å²) in [4.78, 5) is 5.13. The molecule has 7 aromatic carbocycles. The Balaban J connectivity index is 0.000000565. The van der Waals surface area contributed by atoms with Crippen LogP contribution >= 0.6 is 0 Å². The number of nitrogens with zero attached hydrogens (tertiary/aromatic N) is 1. The zero-order valence-electron chi connectivity index (χ0n) is 32.5. The first-order chi connectivity index (χ1) is 28.5. The van der Waals surface area contributed by atoms with Crippen LogP contribution in [0.15, 0.2) is 220 Å². The monoisotopic (exact) mass is 750 g/mol. The van der Waals surface area contributed by atoms with Crippen LogP contribution in [0.3, 0.4) is 0 Å². The minimum absolute atomic E-state index is 0.0705. The summed E-state index contributed by atoms with van der Waals surface area (Å²) in [7, 11) is 0. The van der Waals surface area contributed by atoms with Gasteiger partial charge in [-0.25, -0.2) is 4.99 Å². The number of amidine groups is 1. The molecular formula is C54H42N2O2. The van der Waals surface area contributed by atoms with E-state index < -0.39 is 0 Å². The van der Waals surface area contributed by atoms with Crippen LogP contribution in [0.2, 0.25) is 0 Å². The molecule has 0 amide bonds. The van der Waals surface area contributed by atoms with E-state index in [0.717, 1.165) is 88.8 Å². The van der Waals surface area contributed by atoms with Gasteiger partial charge in [0.25, 0.3) is 0 Å². The summed E-state index contributed by atoms with van der Waals surface area (Å²) >= 11 is 0. The highest BCUT2D eigenvalue weighted by atomic mass is 16.3. The van der Waals surface area contributed by atoms with Crippen molar-refractivity contribution in [3.8, 4) is 22.3 Å². The van der Waals surface area contributed by atoms with E-state index in [1.165, 1.54) is 11.1 Å². The van der Waals surface area contributed by atoms with Gasteiger partial charge in [0, 0.05) is 38.7 Å². The molecule has 4 heteroatoms. The quantitative estimate of drug-likeness (QED) is 0.165. The first kappa shape index (κ1) is 36.2. The van der Waals surface area contributed by atoms with Crippen molar-refractivity contribution in [2.45, 2.75) is 19.9 Å². The standard InChI is InChI=1S/C47H34N2O2.C7H8/c1-3-12-31(13-4-2)41-28-42(49-47(48-41)32-16-9-6-10-17-32)36-19-11-18-33(24-36)35-21-23-44-38(26-35)40-27-39-37-25-34(30-14-7-5-8-15-30)20-22-43(37)50-45(39)29-46(40)51-44;1-7-5-3-2-4-6-7/h3-29,41H,1H2,2H3,(H,48,49);2-6H,1H3/b13-4-,31-12+;. The second kappa shape index (κ2) is 16.0. The molecular weight excluding hydrogens is 709 g/mol. The molecule has 0 aliphatic carbocycles. The zero-order chi connectivity index (χ0) is 39.4. The second-order valence-electron chi connectivity index (χ2n) is 14.5. The highest BCUT2D eigenvalue weighted by Gasteiger charge is 2.21. The second-order valence-corrected chi connectivity index (χ2v) is 14.5. The maximum Gasteiger partial charge on any atom is 0.139 e. The lowest BCUT2D eigenvalue weighted by molar-refractivity contribution is 0.656. The molecule has 4 nitrogen and oxygen atoms in total. The fourth-order valence-electron chi connectivity index (χ4n) is 7.64. The van der Waals surface area contributed by atoms with Crippen LogP contribution in [-0.2, 0) is 0 Å². The first-order valence-corrected chi connectivity index (χ1v) is 19.6. The Kier molecular flexibility index (Phi) is 9.97. The van der Waals surface area contributed by atoms with Crippen molar-refractivity contribution in [3.05, 3.63) is 223 Å². The lowest BCUT2D eigenvalue weighted by atomic mass is 9.96. The maximum absolute atomic E-state index is 6.38. The third-order valence-electron chi connectivity index (χ3n) is 10.5. The van der Waals surface area contributed by atoms with Gasteiger partial charge >= 0.3 is 0 Å². The number of hydrogen-bond donors (Lipinski definition) is 1. The molecule has 280 valence electrons. The molecule has 1 unspecified atom stereocenters. The zero-order valence-corrected chi connectivity index (χ0v) is 32.5. The Morgan fingerprint density at radius 2 is 1.09 bits per heavy atom. The van der Waals surface area contributed by atoms with E-state index >= 15 is 0 Å². The third-order valence-corrected chi connectivity index (χ3v) is 10.5. The van der Waals surface area contributed by atoms with Crippen molar-refractivity contribution in [3.63, 3.8) is 0 Å². The van der Waals surface area contributed by atoms with Gasteiger partial charge in [0.15, 0.2) is 0 Å². The minimum Gasteiger partial charge on any atom is -0.456 e. The van der Waals surface area contributed by atoms with Crippen LogP contribution in [-0.4, -0.2) is 11.9 Å². The number of benzene rings is 7. The highest BCUT2D eigenvalue weighted by molar-refractivity contribution is 6.16. The molecule has 0 fully saturated rings. The molecule has 1 N–H and O–H groups in total. The molecule has 9 aromatic rings. The van der Waals surface area contributed by atoms with Crippen molar-refractivity contribution in [2.24, 2.45) is 4.99 Å². The maximum atomic E-state index is 6.38. The number of furan rings is 2. The van der Waals surface area contributed by atoms with Gasteiger partial charge in [0.1, 0.15) is 28.2 Å². The lowest BCUT2D eigenvalue weighted by Gasteiger charge is -2.25. The van der Waals surface area contributed by atoms with E-state index in [1.807, 2.05) is 67.6 Å². The highest BCUT2D eigenvalue weighted by Crippen LogP contribution is 2.39. The lowest BCUT2D eigenvalue weighted by Crippen LogP contribution is -2.37. The van der Waals surface area contributed by atoms with Crippen molar-refractivity contribution in [1.29, 1.82) is 0 Å². The van der Waals surface area contributed by atoms with Crippen LogP contribution in [0.4, 0.5) is 0 Å². The first-order valence-electron chi connectivity index (χ1n) is 19.6. The van der Waals surface area contributed by atoms with E-state index in [-0.39, 0.29) is 6.04 Å². The summed E-state index contributed by atoms with van der Waals surface area (Å²) in [5, 5.41) is 7.95. The van der Waals surface area contributed by atoms with Gasteiger partial charge in [-0.1, -0.05) is 158 Å². The van der Waals surface area contributed by atoms with Crippen LogP contribution < -0.4 is 5.32 Å². The summed E-state index contributed by atoms with van der Waals surface area (Å²) in [5.41, 5.74) is 13.3. The number of fused-ring (bicyclic) bond motifs is 6. The largest absolute Gasteiger partial charge is 0.456 e.